The summed E-state index contributed by atoms with van der Waals surface area (Å²) in [5.41, 5.74) is 4.97. The van der Waals surface area contributed by atoms with Crippen LogP contribution in [0.3, 0.4) is 0 Å². The molecule has 0 radical (unpaired) electrons. The zero-order chi connectivity index (χ0) is 18.8. The molecular weight excluding hydrogens is 334 g/mol. The minimum absolute atomic E-state index is 0.0284. The molecule has 1 aromatic heterocycles. The number of pyridine rings is 1. The van der Waals surface area contributed by atoms with Crippen LogP contribution in [0.2, 0.25) is 0 Å². The molecule has 0 atom stereocenters. The summed E-state index contributed by atoms with van der Waals surface area (Å²) >= 11 is 0. The molecule has 0 spiro atoms. The molecular formula is C24H19NO2. The summed E-state index contributed by atoms with van der Waals surface area (Å²) in [6, 6.07) is 28.5. The molecule has 0 saturated carbocycles. The highest BCUT2D eigenvalue weighted by Gasteiger charge is 2.17. The Bertz CT molecular complexity index is 1150. The lowest BCUT2D eigenvalue weighted by Crippen LogP contribution is -2.15. The molecule has 0 aliphatic rings. The van der Waals surface area contributed by atoms with Gasteiger partial charge in [0.25, 0.3) is 0 Å². The summed E-state index contributed by atoms with van der Waals surface area (Å²) in [5.74, 6) is 0.168. The molecule has 132 valence electrons. The predicted octanol–water partition coefficient (Wildman–Crippen LogP) is 5.19. The molecule has 3 nitrogen and oxygen atoms in total. The van der Waals surface area contributed by atoms with E-state index in [-0.39, 0.29) is 11.2 Å². The van der Waals surface area contributed by atoms with Crippen molar-refractivity contribution in [3.8, 4) is 34.0 Å². The highest BCUT2D eigenvalue weighted by atomic mass is 16.3. The maximum Gasteiger partial charge on any atom is 0.185 e. The van der Waals surface area contributed by atoms with Gasteiger partial charge in [-0.1, -0.05) is 60.7 Å². The van der Waals surface area contributed by atoms with Gasteiger partial charge in [0.2, 0.25) is 0 Å². The van der Waals surface area contributed by atoms with E-state index in [1.165, 1.54) is 0 Å². The summed E-state index contributed by atoms with van der Waals surface area (Å²) in [5, 5.41) is 9.96. The molecule has 0 fully saturated rings. The first kappa shape index (κ1) is 16.9. The topological polar surface area (TPSA) is 42.2 Å². The monoisotopic (exact) mass is 353 g/mol. The van der Waals surface area contributed by atoms with Gasteiger partial charge in [-0.2, -0.15) is 0 Å². The zero-order valence-corrected chi connectivity index (χ0v) is 15.0. The SMILES string of the molecule is Cc1c(-c2ccccc2)n(-c2ccccc2)c(-c2cccc(O)c2)cc1=O. The van der Waals surface area contributed by atoms with Crippen molar-refractivity contribution in [3.05, 3.63) is 107 Å². The first-order valence-corrected chi connectivity index (χ1v) is 8.82. The molecule has 0 aliphatic heterocycles. The van der Waals surface area contributed by atoms with Crippen LogP contribution in [0.25, 0.3) is 28.2 Å². The molecule has 1 N–H and O–H groups in total. The molecule has 0 bridgehead atoms. The molecule has 3 heteroatoms. The highest BCUT2D eigenvalue weighted by molar-refractivity contribution is 5.73. The van der Waals surface area contributed by atoms with Gasteiger partial charge < -0.3 is 9.67 Å². The highest BCUT2D eigenvalue weighted by Crippen LogP contribution is 2.32. The van der Waals surface area contributed by atoms with Crippen molar-refractivity contribution in [1.82, 2.24) is 4.57 Å². The number of nitrogens with zero attached hydrogens (tertiary/aromatic N) is 1. The third kappa shape index (κ3) is 3.15. The van der Waals surface area contributed by atoms with Crippen molar-refractivity contribution in [1.29, 1.82) is 0 Å². The van der Waals surface area contributed by atoms with Gasteiger partial charge in [-0.25, -0.2) is 0 Å². The molecule has 0 saturated heterocycles. The van der Waals surface area contributed by atoms with E-state index < -0.39 is 0 Å². The first-order chi connectivity index (χ1) is 13.1. The average molecular weight is 353 g/mol. The molecule has 0 aliphatic carbocycles. The van der Waals surface area contributed by atoms with E-state index in [1.807, 2.05) is 73.7 Å². The Morgan fingerprint density at radius 2 is 1.37 bits per heavy atom. The summed E-state index contributed by atoms with van der Waals surface area (Å²) in [7, 11) is 0. The minimum atomic E-state index is -0.0284. The van der Waals surface area contributed by atoms with Crippen LogP contribution in [0.15, 0.2) is 95.8 Å². The fraction of sp³-hybridized carbons (Fsp3) is 0.0417. The number of hydrogen-bond acceptors (Lipinski definition) is 2. The number of aromatic nitrogens is 1. The Hall–Kier alpha value is -3.59. The fourth-order valence-corrected chi connectivity index (χ4v) is 3.37. The van der Waals surface area contributed by atoms with Crippen LogP contribution in [-0.4, -0.2) is 9.67 Å². The maximum atomic E-state index is 12.8. The first-order valence-electron chi connectivity index (χ1n) is 8.82. The van der Waals surface area contributed by atoms with Crippen LogP contribution >= 0.6 is 0 Å². The lowest BCUT2D eigenvalue weighted by molar-refractivity contribution is 0.475. The van der Waals surface area contributed by atoms with Gasteiger partial charge >= 0.3 is 0 Å². The lowest BCUT2D eigenvalue weighted by Gasteiger charge is -2.21. The van der Waals surface area contributed by atoms with Crippen LogP contribution in [0.5, 0.6) is 5.75 Å². The summed E-state index contributed by atoms with van der Waals surface area (Å²) < 4.78 is 2.08. The van der Waals surface area contributed by atoms with Crippen molar-refractivity contribution in [2.75, 3.05) is 0 Å². The molecule has 3 aromatic carbocycles. The number of phenols is 1. The number of hydrogen-bond donors (Lipinski definition) is 1. The van der Waals surface area contributed by atoms with Gasteiger partial charge in [0.05, 0.1) is 11.4 Å². The van der Waals surface area contributed by atoms with Gasteiger partial charge in [-0.3, -0.25) is 4.79 Å². The van der Waals surface area contributed by atoms with Crippen LogP contribution in [0.1, 0.15) is 5.56 Å². The van der Waals surface area contributed by atoms with E-state index in [0.717, 1.165) is 28.2 Å². The number of aromatic hydroxyl groups is 1. The Morgan fingerprint density at radius 1 is 0.741 bits per heavy atom. The minimum Gasteiger partial charge on any atom is -0.508 e. The second kappa shape index (κ2) is 6.96. The average Bonchev–Trinajstić information content (AvgIpc) is 2.71. The van der Waals surface area contributed by atoms with Crippen molar-refractivity contribution in [2.45, 2.75) is 6.92 Å². The maximum absolute atomic E-state index is 12.8. The Balaban J connectivity index is 2.14. The van der Waals surface area contributed by atoms with E-state index in [2.05, 4.69) is 4.57 Å². The van der Waals surface area contributed by atoms with Gasteiger partial charge in [-0.05, 0) is 36.8 Å². The van der Waals surface area contributed by atoms with Gasteiger partial charge in [0.15, 0.2) is 5.43 Å². The summed E-state index contributed by atoms with van der Waals surface area (Å²) in [6.07, 6.45) is 0. The molecule has 4 aromatic rings. The van der Waals surface area contributed by atoms with Gasteiger partial charge in [0, 0.05) is 22.9 Å². The van der Waals surface area contributed by atoms with E-state index in [0.29, 0.717) is 5.56 Å². The van der Waals surface area contributed by atoms with Crippen LogP contribution in [0, 0.1) is 6.92 Å². The zero-order valence-electron chi connectivity index (χ0n) is 15.0. The number of para-hydroxylation sites is 1. The van der Waals surface area contributed by atoms with Gasteiger partial charge in [0.1, 0.15) is 5.75 Å². The predicted molar refractivity (Wildman–Crippen MR) is 109 cm³/mol. The van der Waals surface area contributed by atoms with E-state index in [1.54, 1.807) is 24.3 Å². The fourth-order valence-electron chi connectivity index (χ4n) is 3.37. The number of rotatable bonds is 3. The Morgan fingerprint density at radius 3 is 2.04 bits per heavy atom. The van der Waals surface area contributed by atoms with Crippen molar-refractivity contribution >= 4 is 0 Å². The molecule has 4 rings (SSSR count). The van der Waals surface area contributed by atoms with Crippen LogP contribution < -0.4 is 5.43 Å². The molecule has 0 amide bonds. The standard InChI is InChI=1S/C24H19NO2/c1-17-23(27)16-22(19-11-8-14-21(26)15-19)25(20-12-6-3-7-13-20)24(17)18-9-4-2-5-10-18/h2-16,26H,1H3. The number of phenolic OH excluding ortho intramolecular Hbond substituents is 1. The van der Waals surface area contributed by atoms with Crippen molar-refractivity contribution < 1.29 is 5.11 Å². The summed E-state index contributed by atoms with van der Waals surface area (Å²) in [6.45, 7) is 1.86. The number of benzene rings is 3. The third-order valence-electron chi connectivity index (χ3n) is 4.66. The molecule has 1 heterocycles. The van der Waals surface area contributed by atoms with Crippen molar-refractivity contribution in [2.24, 2.45) is 0 Å². The van der Waals surface area contributed by atoms with E-state index in [4.69, 9.17) is 0 Å². The third-order valence-corrected chi connectivity index (χ3v) is 4.66. The summed E-state index contributed by atoms with van der Waals surface area (Å²) in [4.78, 5) is 12.8. The van der Waals surface area contributed by atoms with Gasteiger partial charge in [-0.15, -0.1) is 0 Å². The Kier molecular flexibility index (Phi) is 4.35. The van der Waals surface area contributed by atoms with Crippen LogP contribution in [0.4, 0.5) is 0 Å². The Labute approximate surface area is 157 Å². The normalized spacial score (nSPS) is 10.7. The second-order valence-corrected chi connectivity index (χ2v) is 6.45. The van der Waals surface area contributed by atoms with Crippen LogP contribution in [-0.2, 0) is 0 Å². The lowest BCUT2D eigenvalue weighted by atomic mass is 10.0. The van der Waals surface area contributed by atoms with E-state index >= 15 is 0 Å². The molecule has 0 unspecified atom stereocenters. The smallest absolute Gasteiger partial charge is 0.185 e. The second-order valence-electron chi connectivity index (χ2n) is 6.45. The molecule has 27 heavy (non-hydrogen) atoms. The van der Waals surface area contributed by atoms with E-state index in [9.17, 15) is 9.90 Å². The van der Waals surface area contributed by atoms with Crippen molar-refractivity contribution in [3.63, 3.8) is 0 Å². The quantitative estimate of drug-likeness (QED) is 0.551. The largest absolute Gasteiger partial charge is 0.508 e.